The van der Waals surface area contributed by atoms with Crippen LogP contribution >= 0.6 is 0 Å². The summed E-state index contributed by atoms with van der Waals surface area (Å²) in [6.07, 6.45) is 0.439. The third-order valence-electron chi connectivity index (χ3n) is 6.21. The SMILES string of the molecule is CCC(=O)N1CC2(C1)[C@H](c1ccccc1)[C@H](CO)N2Cc1cc(F)ccc1F. The third kappa shape index (κ3) is 2.91. The zero-order chi connectivity index (χ0) is 19.9. The molecule has 0 unspecified atom stereocenters. The summed E-state index contributed by atoms with van der Waals surface area (Å²) < 4.78 is 27.9. The van der Waals surface area contributed by atoms with Crippen molar-refractivity contribution < 1.29 is 18.7 Å². The Bertz CT molecular complexity index is 868. The fraction of sp³-hybridized carbons (Fsp3) is 0.409. The maximum absolute atomic E-state index is 14.3. The number of carbonyl (C=O) groups excluding carboxylic acids is 1. The van der Waals surface area contributed by atoms with E-state index in [1.807, 2.05) is 42.2 Å². The third-order valence-corrected chi connectivity index (χ3v) is 6.21. The van der Waals surface area contributed by atoms with Crippen LogP contribution < -0.4 is 0 Å². The predicted octanol–water partition coefficient (Wildman–Crippen LogP) is 2.92. The summed E-state index contributed by atoms with van der Waals surface area (Å²) in [7, 11) is 0. The van der Waals surface area contributed by atoms with Crippen LogP contribution in [0, 0.1) is 11.6 Å². The number of hydrogen-bond acceptors (Lipinski definition) is 3. The molecule has 1 spiro atoms. The molecular formula is C22H24F2N2O2. The Labute approximate surface area is 163 Å². The van der Waals surface area contributed by atoms with E-state index in [0.717, 1.165) is 17.7 Å². The number of nitrogens with zero attached hydrogens (tertiary/aromatic N) is 2. The van der Waals surface area contributed by atoms with Gasteiger partial charge in [-0.2, -0.15) is 0 Å². The van der Waals surface area contributed by atoms with Gasteiger partial charge in [0.05, 0.1) is 12.1 Å². The Morgan fingerprint density at radius 3 is 2.54 bits per heavy atom. The highest BCUT2D eigenvalue weighted by molar-refractivity contribution is 5.77. The van der Waals surface area contributed by atoms with Gasteiger partial charge in [-0.3, -0.25) is 9.69 Å². The standard InChI is InChI=1S/C22H24F2N2O2/c1-2-20(28)25-13-22(14-25)21(15-6-4-3-5-7-15)19(12-27)26(22)11-16-10-17(23)8-9-18(16)24/h3-10,19,21,27H,2,11-14H2,1H3/t19-,21+/m0/s1. The van der Waals surface area contributed by atoms with E-state index in [2.05, 4.69) is 0 Å². The normalized spacial score (nSPS) is 23.4. The van der Waals surface area contributed by atoms with Crippen molar-refractivity contribution in [3.63, 3.8) is 0 Å². The Morgan fingerprint density at radius 1 is 1.18 bits per heavy atom. The van der Waals surface area contributed by atoms with Gasteiger partial charge in [0.2, 0.25) is 5.91 Å². The predicted molar refractivity (Wildman–Crippen MR) is 102 cm³/mol. The summed E-state index contributed by atoms with van der Waals surface area (Å²) in [6, 6.07) is 13.2. The van der Waals surface area contributed by atoms with Crippen LogP contribution in [0.25, 0.3) is 0 Å². The second-order valence-corrected chi connectivity index (χ2v) is 7.71. The molecule has 2 aliphatic heterocycles. The van der Waals surface area contributed by atoms with E-state index in [-0.39, 0.29) is 42.1 Å². The molecule has 4 rings (SSSR count). The van der Waals surface area contributed by atoms with E-state index in [9.17, 15) is 18.7 Å². The fourth-order valence-electron chi connectivity index (χ4n) is 4.88. The van der Waals surface area contributed by atoms with Gasteiger partial charge in [0.1, 0.15) is 11.6 Å². The maximum atomic E-state index is 14.3. The topological polar surface area (TPSA) is 43.8 Å². The van der Waals surface area contributed by atoms with E-state index in [1.54, 1.807) is 4.90 Å². The molecule has 0 bridgehead atoms. The van der Waals surface area contributed by atoms with Crippen molar-refractivity contribution in [2.24, 2.45) is 0 Å². The van der Waals surface area contributed by atoms with Gasteiger partial charge in [0.25, 0.3) is 0 Å². The lowest BCUT2D eigenvalue weighted by Gasteiger charge is -2.70. The van der Waals surface area contributed by atoms with Crippen LogP contribution in [-0.2, 0) is 11.3 Å². The maximum Gasteiger partial charge on any atom is 0.222 e. The van der Waals surface area contributed by atoms with E-state index in [0.29, 0.717) is 19.5 Å². The van der Waals surface area contributed by atoms with Crippen molar-refractivity contribution in [3.8, 4) is 0 Å². The summed E-state index contributed by atoms with van der Waals surface area (Å²) >= 11 is 0. The highest BCUT2D eigenvalue weighted by atomic mass is 19.1. The second-order valence-electron chi connectivity index (χ2n) is 7.71. The molecular weight excluding hydrogens is 362 g/mol. The first-order valence-electron chi connectivity index (χ1n) is 9.64. The molecule has 4 nitrogen and oxygen atoms in total. The summed E-state index contributed by atoms with van der Waals surface area (Å²) in [5, 5.41) is 10.1. The molecule has 2 fully saturated rings. The van der Waals surface area contributed by atoms with Crippen molar-refractivity contribution in [1.82, 2.24) is 9.80 Å². The van der Waals surface area contributed by atoms with E-state index in [1.165, 1.54) is 6.07 Å². The zero-order valence-electron chi connectivity index (χ0n) is 15.8. The molecule has 28 heavy (non-hydrogen) atoms. The average Bonchev–Trinajstić information content (AvgIpc) is 2.67. The summed E-state index contributed by atoms with van der Waals surface area (Å²) in [6.45, 7) is 3.02. The lowest BCUT2D eigenvalue weighted by molar-refractivity contribution is -0.200. The van der Waals surface area contributed by atoms with Crippen molar-refractivity contribution in [3.05, 3.63) is 71.3 Å². The Morgan fingerprint density at radius 2 is 1.89 bits per heavy atom. The van der Waals surface area contributed by atoms with Crippen LogP contribution in [0.3, 0.4) is 0 Å². The average molecular weight is 386 g/mol. The van der Waals surface area contributed by atoms with E-state index < -0.39 is 11.6 Å². The first-order valence-corrected chi connectivity index (χ1v) is 9.64. The molecule has 2 heterocycles. The molecule has 0 aromatic heterocycles. The number of carbonyl (C=O) groups is 1. The fourth-order valence-corrected chi connectivity index (χ4v) is 4.88. The van der Waals surface area contributed by atoms with Crippen molar-refractivity contribution >= 4 is 5.91 Å². The molecule has 0 aliphatic carbocycles. The van der Waals surface area contributed by atoms with Crippen LogP contribution in [0.5, 0.6) is 0 Å². The molecule has 6 heteroatoms. The largest absolute Gasteiger partial charge is 0.395 e. The molecule has 2 aliphatic rings. The molecule has 1 amide bonds. The lowest BCUT2D eigenvalue weighted by Crippen LogP contribution is -2.84. The van der Waals surface area contributed by atoms with Crippen LogP contribution in [0.1, 0.15) is 30.4 Å². The van der Waals surface area contributed by atoms with E-state index >= 15 is 0 Å². The number of aliphatic hydroxyl groups excluding tert-OH is 1. The number of rotatable bonds is 5. The number of benzene rings is 2. The van der Waals surface area contributed by atoms with Gasteiger partial charge >= 0.3 is 0 Å². The van der Waals surface area contributed by atoms with Gasteiger partial charge in [0.15, 0.2) is 0 Å². The van der Waals surface area contributed by atoms with Crippen LogP contribution in [0.2, 0.25) is 0 Å². The van der Waals surface area contributed by atoms with Crippen molar-refractivity contribution in [2.75, 3.05) is 19.7 Å². The van der Waals surface area contributed by atoms with Crippen LogP contribution in [0.15, 0.2) is 48.5 Å². The number of likely N-dealkylation sites (tertiary alicyclic amines) is 2. The molecule has 1 N–H and O–H groups in total. The van der Waals surface area contributed by atoms with Gasteiger partial charge < -0.3 is 10.0 Å². The summed E-state index contributed by atoms with van der Waals surface area (Å²) in [5.41, 5.74) is 1.00. The molecule has 2 atom stereocenters. The molecule has 0 saturated carbocycles. The molecule has 0 radical (unpaired) electrons. The molecule has 2 aromatic carbocycles. The van der Waals surface area contributed by atoms with Gasteiger partial charge in [-0.25, -0.2) is 8.78 Å². The van der Waals surface area contributed by atoms with Gasteiger partial charge in [-0.05, 0) is 23.8 Å². The van der Waals surface area contributed by atoms with Gasteiger partial charge in [-0.15, -0.1) is 0 Å². The van der Waals surface area contributed by atoms with Gasteiger partial charge in [-0.1, -0.05) is 37.3 Å². The highest BCUT2D eigenvalue weighted by Gasteiger charge is 2.66. The van der Waals surface area contributed by atoms with Crippen molar-refractivity contribution in [2.45, 2.75) is 37.4 Å². The van der Waals surface area contributed by atoms with E-state index in [4.69, 9.17) is 0 Å². The van der Waals surface area contributed by atoms with Gasteiger partial charge in [0, 0.05) is 43.6 Å². The summed E-state index contributed by atoms with van der Waals surface area (Å²) in [5.74, 6) is -0.822. The minimum Gasteiger partial charge on any atom is -0.395 e. The minimum absolute atomic E-state index is 0.0382. The van der Waals surface area contributed by atoms with Crippen LogP contribution in [0.4, 0.5) is 8.78 Å². The lowest BCUT2D eigenvalue weighted by atomic mass is 9.60. The number of halogens is 2. The smallest absolute Gasteiger partial charge is 0.222 e. The highest BCUT2D eigenvalue weighted by Crippen LogP contribution is 2.54. The van der Waals surface area contributed by atoms with Crippen LogP contribution in [-0.4, -0.2) is 52.1 Å². The quantitative estimate of drug-likeness (QED) is 0.859. The molecule has 2 aromatic rings. The molecule has 148 valence electrons. The Hall–Kier alpha value is -2.31. The Kier molecular flexibility index (Phi) is 4.93. The number of amides is 1. The zero-order valence-corrected chi connectivity index (χ0v) is 15.8. The number of hydrogen-bond donors (Lipinski definition) is 1. The molecule has 2 saturated heterocycles. The first kappa shape index (κ1) is 19.0. The Balaban J connectivity index is 1.66. The first-order chi connectivity index (χ1) is 13.5. The second kappa shape index (κ2) is 7.26. The minimum atomic E-state index is -0.484. The number of aliphatic hydroxyl groups is 1. The van der Waals surface area contributed by atoms with Crippen molar-refractivity contribution in [1.29, 1.82) is 0 Å². The summed E-state index contributed by atoms with van der Waals surface area (Å²) in [4.78, 5) is 16.0. The monoisotopic (exact) mass is 386 g/mol.